The molecule has 1 spiro atoms. The second-order valence-electron chi connectivity index (χ2n) is 7.89. The van der Waals surface area contributed by atoms with E-state index in [0.717, 1.165) is 4.68 Å². The number of piperidine rings is 1. The van der Waals surface area contributed by atoms with Crippen LogP contribution in [-0.4, -0.2) is 70.0 Å². The molecule has 0 radical (unpaired) electrons. The SMILES string of the molecule is Cn1ncc(CC2CCN(C(=O)N3CC4(COC(=O)N4)C3)CC2)c1C(F)(F)F. The fraction of sp³-hybridized carbons (Fsp3) is 0.706. The van der Waals surface area contributed by atoms with Gasteiger partial charge in [-0.1, -0.05) is 0 Å². The molecule has 28 heavy (non-hydrogen) atoms. The Hall–Kier alpha value is -2.46. The first-order valence-electron chi connectivity index (χ1n) is 9.24. The molecule has 3 aliphatic rings. The molecule has 0 aromatic carbocycles. The zero-order chi connectivity index (χ0) is 20.1. The number of alkyl halides is 3. The average molecular weight is 401 g/mol. The monoisotopic (exact) mass is 401 g/mol. The lowest BCUT2D eigenvalue weighted by Gasteiger charge is -2.48. The van der Waals surface area contributed by atoms with E-state index < -0.39 is 23.5 Å². The van der Waals surface area contributed by atoms with Gasteiger partial charge in [0.2, 0.25) is 0 Å². The minimum Gasteiger partial charge on any atom is -0.447 e. The van der Waals surface area contributed by atoms with E-state index in [1.807, 2.05) is 0 Å². The highest BCUT2D eigenvalue weighted by atomic mass is 19.4. The standard InChI is InChI=1S/C17H22F3N5O3/c1-23-13(17(18,19)20)12(7-21-23)6-11-2-4-24(5-3-11)15(27)25-8-16(9-25)10-28-14(26)22-16/h7,11H,2-6,8-10H2,1H3,(H,22,26). The molecule has 4 rings (SSSR count). The Kier molecular flexibility index (Phi) is 4.42. The number of rotatable bonds is 2. The Labute approximate surface area is 159 Å². The van der Waals surface area contributed by atoms with Crippen LogP contribution >= 0.6 is 0 Å². The molecule has 154 valence electrons. The number of carbonyl (C=O) groups excluding carboxylic acids is 2. The van der Waals surface area contributed by atoms with Crippen molar-refractivity contribution in [2.45, 2.75) is 31.0 Å². The van der Waals surface area contributed by atoms with Gasteiger partial charge in [0.25, 0.3) is 0 Å². The van der Waals surface area contributed by atoms with Crippen LogP contribution in [0.1, 0.15) is 24.1 Å². The zero-order valence-corrected chi connectivity index (χ0v) is 15.5. The fourth-order valence-corrected chi connectivity index (χ4v) is 4.32. The first-order valence-corrected chi connectivity index (χ1v) is 9.24. The van der Waals surface area contributed by atoms with E-state index in [4.69, 9.17) is 4.74 Å². The van der Waals surface area contributed by atoms with Gasteiger partial charge in [-0.25, -0.2) is 9.59 Å². The van der Waals surface area contributed by atoms with Crippen molar-refractivity contribution < 1.29 is 27.5 Å². The summed E-state index contributed by atoms with van der Waals surface area (Å²) in [4.78, 5) is 27.2. The Balaban J connectivity index is 1.29. The van der Waals surface area contributed by atoms with Gasteiger partial charge in [-0.05, 0) is 25.2 Å². The van der Waals surface area contributed by atoms with E-state index in [1.54, 1.807) is 9.80 Å². The van der Waals surface area contributed by atoms with Gasteiger partial charge in [0, 0.05) is 25.7 Å². The predicted molar refractivity (Wildman–Crippen MR) is 90.4 cm³/mol. The van der Waals surface area contributed by atoms with Crippen molar-refractivity contribution in [1.29, 1.82) is 0 Å². The van der Waals surface area contributed by atoms with Gasteiger partial charge in [-0.2, -0.15) is 18.3 Å². The molecule has 0 saturated carbocycles. The molecule has 8 nitrogen and oxygen atoms in total. The van der Waals surface area contributed by atoms with Crippen LogP contribution in [0, 0.1) is 5.92 Å². The smallest absolute Gasteiger partial charge is 0.433 e. The number of nitrogens with one attached hydrogen (secondary N) is 1. The maximum atomic E-state index is 13.2. The second kappa shape index (κ2) is 6.56. The molecule has 0 unspecified atom stereocenters. The van der Waals surface area contributed by atoms with Crippen molar-refractivity contribution in [1.82, 2.24) is 24.9 Å². The fourth-order valence-electron chi connectivity index (χ4n) is 4.32. The normalized spacial score (nSPS) is 22.2. The highest BCUT2D eigenvalue weighted by Gasteiger charge is 2.52. The van der Waals surface area contributed by atoms with Crippen LogP contribution in [0.2, 0.25) is 0 Å². The van der Waals surface area contributed by atoms with Crippen molar-refractivity contribution in [2.24, 2.45) is 13.0 Å². The molecule has 1 aromatic heterocycles. The number of likely N-dealkylation sites (tertiary alicyclic amines) is 2. The summed E-state index contributed by atoms with van der Waals surface area (Å²) in [6.07, 6.45) is -1.99. The second-order valence-corrected chi connectivity index (χ2v) is 7.89. The molecule has 0 atom stereocenters. The Morgan fingerprint density at radius 2 is 2.00 bits per heavy atom. The molecule has 11 heteroatoms. The molecular weight excluding hydrogens is 379 g/mol. The number of aromatic nitrogens is 2. The molecular formula is C17H22F3N5O3. The largest absolute Gasteiger partial charge is 0.447 e. The summed E-state index contributed by atoms with van der Waals surface area (Å²) >= 11 is 0. The third kappa shape index (κ3) is 3.37. The maximum absolute atomic E-state index is 13.2. The summed E-state index contributed by atoms with van der Waals surface area (Å²) in [5.74, 6) is 0.0830. The third-order valence-electron chi connectivity index (χ3n) is 5.78. The van der Waals surface area contributed by atoms with E-state index in [9.17, 15) is 22.8 Å². The van der Waals surface area contributed by atoms with E-state index in [0.29, 0.717) is 45.4 Å². The molecule has 1 N–H and O–H groups in total. The van der Waals surface area contributed by atoms with Gasteiger partial charge in [-0.3, -0.25) is 4.68 Å². The topological polar surface area (TPSA) is 79.7 Å². The number of urea groups is 1. The van der Waals surface area contributed by atoms with Crippen molar-refractivity contribution in [3.8, 4) is 0 Å². The maximum Gasteiger partial charge on any atom is 0.433 e. The number of aryl methyl sites for hydroxylation is 1. The van der Waals surface area contributed by atoms with E-state index in [-0.39, 0.29) is 24.1 Å². The first-order chi connectivity index (χ1) is 13.2. The highest BCUT2D eigenvalue weighted by Crippen LogP contribution is 2.34. The van der Waals surface area contributed by atoms with Crippen LogP contribution < -0.4 is 5.32 Å². The third-order valence-corrected chi connectivity index (χ3v) is 5.78. The van der Waals surface area contributed by atoms with Gasteiger partial charge >= 0.3 is 18.3 Å². The van der Waals surface area contributed by atoms with Crippen LogP contribution in [0.4, 0.5) is 22.8 Å². The van der Waals surface area contributed by atoms with Crippen LogP contribution in [0.15, 0.2) is 6.20 Å². The Bertz CT molecular complexity index is 779. The van der Waals surface area contributed by atoms with E-state index >= 15 is 0 Å². The number of hydrogen-bond donors (Lipinski definition) is 1. The number of alkyl carbamates (subject to hydrolysis) is 1. The lowest BCUT2D eigenvalue weighted by molar-refractivity contribution is -0.144. The van der Waals surface area contributed by atoms with Gasteiger partial charge < -0.3 is 19.9 Å². The van der Waals surface area contributed by atoms with Gasteiger partial charge in [0.1, 0.15) is 17.8 Å². The lowest BCUT2D eigenvalue weighted by Crippen LogP contribution is -2.71. The molecule has 3 aliphatic heterocycles. The first kappa shape index (κ1) is 18.9. The number of carbonyl (C=O) groups is 2. The summed E-state index contributed by atoms with van der Waals surface area (Å²) in [5.41, 5.74) is -0.946. The number of hydrogen-bond acceptors (Lipinski definition) is 4. The van der Waals surface area contributed by atoms with Crippen molar-refractivity contribution in [2.75, 3.05) is 32.8 Å². The minimum atomic E-state index is -4.43. The molecule has 3 amide bonds. The molecule has 3 saturated heterocycles. The van der Waals surface area contributed by atoms with Gasteiger partial charge in [0.15, 0.2) is 0 Å². The number of ether oxygens (including phenoxy) is 1. The molecule has 0 bridgehead atoms. The minimum absolute atomic E-state index is 0.0830. The van der Waals surface area contributed by atoms with Crippen molar-refractivity contribution in [3.63, 3.8) is 0 Å². The van der Waals surface area contributed by atoms with Crippen LogP contribution in [0.25, 0.3) is 0 Å². The van der Waals surface area contributed by atoms with E-state index in [2.05, 4.69) is 10.4 Å². The average Bonchev–Trinajstić information content (AvgIpc) is 3.16. The molecule has 3 fully saturated rings. The number of cyclic esters (lactones) is 1. The predicted octanol–water partition coefficient (Wildman–Crippen LogP) is 1.61. The van der Waals surface area contributed by atoms with Crippen LogP contribution in [0.3, 0.4) is 0 Å². The Morgan fingerprint density at radius 1 is 1.32 bits per heavy atom. The van der Waals surface area contributed by atoms with Crippen LogP contribution in [-0.2, 0) is 24.4 Å². The summed E-state index contributed by atoms with van der Waals surface area (Å²) < 4.78 is 45.4. The summed E-state index contributed by atoms with van der Waals surface area (Å²) in [7, 11) is 1.30. The summed E-state index contributed by atoms with van der Waals surface area (Å²) in [5, 5.41) is 6.49. The quantitative estimate of drug-likeness (QED) is 0.817. The van der Waals surface area contributed by atoms with E-state index in [1.165, 1.54) is 13.2 Å². The molecule has 4 heterocycles. The number of halogens is 3. The number of nitrogens with zero attached hydrogens (tertiary/aromatic N) is 4. The lowest BCUT2D eigenvalue weighted by atomic mass is 9.89. The van der Waals surface area contributed by atoms with Gasteiger partial charge in [-0.15, -0.1) is 0 Å². The summed E-state index contributed by atoms with van der Waals surface area (Å²) in [6, 6.07) is -0.0948. The van der Waals surface area contributed by atoms with Crippen molar-refractivity contribution in [3.05, 3.63) is 17.5 Å². The molecule has 0 aliphatic carbocycles. The number of amides is 3. The Morgan fingerprint density at radius 3 is 2.57 bits per heavy atom. The molecule has 1 aromatic rings. The zero-order valence-electron chi connectivity index (χ0n) is 15.5. The van der Waals surface area contributed by atoms with Gasteiger partial charge in [0.05, 0.1) is 19.3 Å². The van der Waals surface area contributed by atoms with Crippen LogP contribution in [0.5, 0.6) is 0 Å². The van der Waals surface area contributed by atoms with Crippen molar-refractivity contribution >= 4 is 12.1 Å². The summed E-state index contributed by atoms with van der Waals surface area (Å²) in [6.45, 7) is 2.13. The highest BCUT2D eigenvalue weighted by molar-refractivity contribution is 5.78.